The Morgan fingerprint density at radius 3 is 2.06 bits per heavy atom. The Hall–Kier alpha value is -3.60. The molecule has 0 unspecified atom stereocenters. The van der Waals surface area contributed by atoms with E-state index in [1.54, 1.807) is 24.3 Å². The van der Waals surface area contributed by atoms with Gasteiger partial charge in [0.15, 0.2) is 5.78 Å². The number of Topliss-reactive ketones (excluding diaryl/α,β-unsaturated/α-hetero) is 1. The van der Waals surface area contributed by atoms with Gasteiger partial charge in [-0.1, -0.05) is 74.5 Å². The molecule has 5 nitrogen and oxygen atoms in total. The van der Waals surface area contributed by atoms with E-state index in [-0.39, 0.29) is 30.5 Å². The van der Waals surface area contributed by atoms with Crippen molar-refractivity contribution in [2.24, 2.45) is 0 Å². The molecule has 3 aromatic rings. The highest BCUT2D eigenvalue weighted by Crippen LogP contribution is 2.44. The molecule has 0 heterocycles. The van der Waals surface area contributed by atoms with Crippen LogP contribution in [0.3, 0.4) is 0 Å². The minimum absolute atomic E-state index is 0.0411. The normalized spacial score (nSPS) is 13.3. The second-order valence-electron chi connectivity index (χ2n) is 8.74. The molecule has 0 fully saturated rings. The van der Waals surface area contributed by atoms with Gasteiger partial charge in [-0.05, 0) is 52.3 Å². The predicted octanol–water partition coefficient (Wildman–Crippen LogP) is 5.42. The van der Waals surface area contributed by atoms with Crippen LogP contribution >= 0.6 is 0 Å². The van der Waals surface area contributed by atoms with E-state index in [0.717, 1.165) is 33.7 Å². The molecule has 1 amide bonds. The Kier molecular flexibility index (Phi) is 6.78. The third-order valence-corrected chi connectivity index (χ3v) is 5.93. The molecular weight excluding hydrogens is 414 g/mol. The zero-order valence-corrected chi connectivity index (χ0v) is 18.9. The van der Waals surface area contributed by atoms with Crippen molar-refractivity contribution in [1.29, 1.82) is 0 Å². The molecular formula is C28H28NO4. The molecule has 1 radical (unpaired) electrons. The summed E-state index contributed by atoms with van der Waals surface area (Å²) < 4.78 is 5.63. The Morgan fingerprint density at radius 2 is 1.48 bits per heavy atom. The van der Waals surface area contributed by atoms with Crippen LogP contribution in [0.15, 0.2) is 72.8 Å². The maximum Gasteiger partial charge on any atom is 0.407 e. The van der Waals surface area contributed by atoms with Crippen molar-refractivity contribution in [3.05, 3.63) is 95.4 Å². The summed E-state index contributed by atoms with van der Waals surface area (Å²) in [6.45, 7) is 3.98. The minimum Gasteiger partial charge on any atom is -0.508 e. The van der Waals surface area contributed by atoms with E-state index in [2.05, 4.69) is 29.6 Å². The lowest BCUT2D eigenvalue weighted by atomic mass is 9.96. The van der Waals surface area contributed by atoms with Crippen LogP contribution in [0.4, 0.5) is 4.79 Å². The fraction of sp³-hybridized carbons (Fsp3) is 0.250. The summed E-state index contributed by atoms with van der Waals surface area (Å²) in [5, 5.41) is 12.3. The lowest BCUT2D eigenvalue weighted by molar-refractivity contribution is -0.120. The summed E-state index contributed by atoms with van der Waals surface area (Å²) in [5.74, 6) is 1.02. The van der Waals surface area contributed by atoms with Gasteiger partial charge >= 0.3 is 6.09 Å². The van der Waals surface area contributed by atoms with Gasteiger partial charge in [-0.15, -0.1) is 0 Å². The summed E-state index contributed by atoms with van der Waals surface area (Å²) in [6.07, 6.45) is 0.00551. The smallest absolute Gasteiger partial charge is 0.407 e. The SMILES string of the molecule is C[C](C)CC(=O)[C@H](Cc1ccc(O)cc1)NC(=O)OCC1c2ccccc2-c2ccccc21. The number of benzene rings is 3. The molecule has 0 spiro atoms. The maximum absolute atomic E-state index is 12.8. The lowest BCUT2D eigenvalue weighted by Gasteiger charge is -2.20. The van der Waals surface area contributed by atoms with Crippen LogP contribution in [-0.4, -0.2) is 29.6 Å². The number of hydrogen-bond donors (Lipinski definition) is 2. The summed E-state index contributed by atoms with van der Waals surface area (Å²) in [7, 11) is 0. The van der Waals surface area contributed by atoms with E-state index in [9.17, 15) is 14.7 Å². The molecule has 1 aliphatic carbocycles. The number of hydrogen-bond acceptors (Lipinski definition) is 4. The summed E-state index contributed by atoms with van der Waals surface area (Å²) in [4.78, 5) is 25.5. The molecule has 0 bridgehead atoms. The first-order valence-corrected chi connectivity index (χ1v) is 11.1. The molecule has 0 aliphatic heterocycles. The zero-order valence-electron chi connectivity index (χ0n) is 18.9. The number of rotatable bonds is 8. The molecule has 1 atom stereocenters. The molecule has 33 heavy (non-hydrogen) atoms. The molecule has 3 aromatic carbocycles. The van der Waals surface area contributed by atoms with Crippen molar-refractivity contribution in [3.8, 4) is 16.9 Å². The third kappa shape index (κ3) is 5.25. The van der Waals surface area contributed by atoms with Gasteiger partial charge in [0.2, 0.25) is 0 Å². The van der Waals surface area contributed by atoms with Crippen molar-refractivity contribution >= 4 is 11.9 Å². The summed E-state index contributed by atoms with van der Waals surface area (Å²) in [5.41, 5.74) is 5.45. The van der Waals surface area contributed by atoms with Crippen molar-refractivity contribution in [3.63, 3.8) is 0 Å². The third-order valence-electron chi connectivity index (χ3n) is 5.93. The Balaban J connectivity index is 1.45. The molecule has 169 valence electrons. The standard InChI is InChI=1S/C28H28NO4/c1-18(2)15-27(31)26(16-19-11-13-20(30)14-12-19)29-28(32)33-17-25-23-9-5-3-7-21(23)22-8-4-6-10-24(22)25/h3-14,25-26,30H,15-17H2,1-2H3,(H,29,32)/t26-/m0/s1. The average molecular weight is 443 g/mol. The quantitative estimate of drug-likeness (QED) is 0.489. The van der Waals surface area contributed by atoms with Gasteiger partial charge in [0.1, 0.15) is 12.4 Å². The van der Waals surface area contributed by atoms with Gasteiger partial charge in [0, 0.05) is 12.3 Å². The second-order valence-corrected chi connectivity index (χ2v) is 8.74. The first-order valence-electron chi connectivity index (χ1n) is 11.1. The Bertz CT molecular complexity index is 1090. The number of amides is 1. The first-order chi connectivity index (χ1) is 15.9. The Labute approximate surface area is 194 Å². The van der Waals surface area contributed by atoms with Crippen LogP contribution in [0, 0.1) is 5.92 Å². The fourth-order valence-corrected chi connectivity index (χ4v) is 4.37. The van der Waals surface area contributed by atoms with E-state index < -0.39 is 12.1 Å². The van der Waals surface area contributed by atoms with E-state index in [4.69, 9.17) is 4.74 Å². The maximum atomic E-state index is 12.8. The highest BCUT2D eigenvalue weighted by molar-refractivity contribution is 5.89. The van der Waals surface area contributed by atoms with Gasteiger partial charge in [-0.3, -0.25) is 4.79 Å². The van der Waals surface area contributed by atoms with Crippen LogP contribution in [0.1, 0.15) is 42.9 Å². The van der Waals surface area contributed by atoms with E-state index >= 15 is 0 Å². The van der Waals surface area contributed by atoms with E-state index in [0.29, 0.717) is 6.42 Å². The van der Waals surface area contributed by atoms with Crippen LogP contribution < -0.4 is 5.32 Å². The molecule has 0 saturated carbocycles. The van der Waals surface area contributed by atoms with Crippen molar-refractivity contribution in [2.45, 2.75) is 38.6 Å². The molecule has 0 aromatic heterocycles. The number of fused-ring (bicyclic) bond motifs is 3. The van der Waals surface area contributed by atoms with Gasteiger partial charge in [-0.2, -0.15) is 0 Å². The first kappa shape index (κ1) is 22.6. The summed E-state index contributed by atoms with van der Waals surface area (Å²) >= 11 is 0. The molecule has 4 rings (SSSR count). The topological polar surface area (TPSA) is 75.6 Å². The second kappa shape index (κ2) is 9.90. The number of phenolic OH excluding ortho intramolecular Hbond substituents is 1. The predicted molar refractivity (Wildman–Crippen MR) is 128 cm³/mol. The average Bonchev–Trinajstić information content (AvgIpc) is 3.12. The van der Waals surface area contributed by atoms with Gasteiger partial charge in [0.05, 0.1) is 6.04 Å². The molecule has 1 aliphatic rings. The molecule has 0 saturated heterocycles. The largest absolute Gasteiger partial charge is 0.508 e. The van der Waals surface area contributed by atoms with Crippen molar-refractivity contribution in [1.82, 2.24) is 5.32 Å². The number of ether oxygens (including phenoxy) is 1. The number of phenols is 1. The number of aromatic hydroxyl groups is 1. The lowest BCUT2D eigenvalue weighted by Crippen LogP contribution is -2.43. The van der Waals surface area contributed by atoms with Gasteiger partial charge < -0.3 is 15.2 Å². The van der Waals surface area contributed by atoms with Crippen molar-refractivity contribution in [2.75, 3.05) is 6.61 Å². The van der Waals surface area contributed by atoms with Crippen LogP contribution in [0.5, 0.6) is 5.75 Å². The van der Waals surface area contributed by atoms with Crippen molar-refractivity contribution < 1.29 is 19.4 Å². The minimum atomic E-state index is -0.708. The van der Waals surface area contributed by atoms with Crippen LogP contribution in [-0.2, 0) is 16.0 Å². The van der Waals surface area contributed by atoms with E-state index in [1.807, 2.05) is 38.1 Å². The zero-order chi connectivity index (χ0) is 23.4. The monoisotopic (exact) mass is 442 g/mol. The highest BCUT2D eigenvalue weighted by atomic mass is 16.5. The van der Waals surface area contributed by atoms with Crippen LogP contribution in [0.25, 0.3) is 11.1 Å². The van der Waals surface area contributed by atoms with E-state index in [1.165, 1.54) is 0 Å². The van der Waals surface area contributed by atoms with Gasteiger partial charge in [0.25, 0.3) is 0 Å². The number of ketones is 1. The number of carbonyl (C=O) groups excluding carboxylic acids is 2. The highest BCUT2D eigenvalue weighted by Gasteiger charge is 2.30. The fourth-order valence-electron chi connectivity index (χ4n) is 4.37. The Morgan fingerprint density at radius 1 is 0.909 bits per heavy atom. The van der Waals surface area contributed by atoms with Gasteiger partial charge in [-0.25, -0.2) is 4.79 Å². The number of carbonyl (C=O) groups is 2. The molecule has 2 N–H and O–H groups in total. The number of alkyl carbamates (subject to hydrolysis) is 1. The van der Waals surface area contributed by atoms with Crippen LogP contribution in [0.2, 0.25) is 0 Å². The number of nitrogens with one attached hydrogen (secondary N) is 1. The summed E-state index contributed by atoms with van der Waals surface area (Å²) in [6, 6.07) is 22.2. The molecule has 5 heteroatoms.